The molecule has 1 aliphatic carbocycles. The summed E-state index contributed by atoms with van der Waals surface area (Å²) in [4.78, 5) is 24.4. The van der Waals surface area contributed by atoms with Gasteiger partial charge in [0.2, 0.25) is 11.8 Å². The van der Waals surface area contributed by atoms with Crippen molar-refractivity contribution in [1.82, 2.24) is 0 Å². The average Bonchev–Trinajstić information content (AvgIpc) is 3.58. The molecule has 3 rings (SSSR count). The molecule has 2 aromatic rings. The summed E-state index contributed by atoms with van der Waals surface area (Å²) in [5, 5.41) is 8.95. The van der Waals surface area contributed by atoms with E-state index in [2.05, 4.69) is 16.0 Å². The molecule has 1 fully saturated rings. The summed E-state index contributed by atoms with van der Waals surface area (Å²) in [7, 11) is 0. The van der Waals surface area contributed by atoms with Crippen LogP contribution in [0.25, 0.3) is 0 Å². The molecule has 0 saturated heterocycles. The second-order valence-corrected chi connectivity index (χ2v) is 7.22. The van der Waals surface area contributed by atoms with Crippen LogP contribution in [-0.4, -0.2) is 38.2 Å². The molecule has 2 aromatic carbocycles. The second-order valence-electron chi connectivity index (χ2n) is 7.22. The number of rotatable bonds is 11. The van der Waals surface area contributed by atoms with Crippen LogP contribution in [0.1, 0.15) is 25.3 Å². The van der Waals surface area contributed by atoms with Crippen LogP contribution in [0.3, 0.4) is 0 Å². The predicted molar refractivity (Wildman–Crippen MR) is 118 cm³/mol. The zero-order valence-electron chi connectivity index (χ0n) is 17.5. The average molecular weight is 412 g/mol. The molecular formula is C23H29N3O4. The first-order valence-electron chi connectivity index (χ1n) is 10.3. The van der Waals surface area contributed by atoms with Gasteiger partial charge in [-0.05, 0) is 56.5 Å². The highest BCUT2D eigenvalue weighted by Crippen LogP contribution is 2.31. The lowest BCUT2D eigenvalue weighted by molar-refractivity contribution is -0.117. The molecule has 3 N–H and O–H groups in total. The van der Waals surface area contributed by atoms with E-state index in [1.807, 2.05) is 56.3 Å². The monoisotopic (exact) mass is 411 g/mol. The van der Waals surface area contributed by atoms with Gasteiger partial charge in [-0.15, -0.1) is 0 Å². The van der Waals surface area contributed by atoms with Gasteiger partial charge in [0.1, 0.15) is 12.4 Å². The Morgan fingerprint density at radius 2 is 1.77 bits per heavy atom. The molecule has 160 valence electrons. The maximum absolute atomic E-state index is 12.4. The van der Waals surface area contributed by atoms with E-state index in [0.29, 0.717) is 25.5 Å². The lowest BCUT2D eigenvalue weighted by Crippen LogP contribution is -2.22. The minimum absolute atomic E-state index is 0.0478. The predicted octanol–water partition coefficient (Wildman–Crippen LogP) is 3.81. The van der Waals surface area contributed by atoms with Gasteiger partial charge in [0, 0.05) is 35.7 Å². The smallest absolute Gasteiger partial charge is 0.243 e. The Morgan fingerprint density at radius 1 is 1.03 bits per heavy atom. The van der Waals surface area contributed by atoms with E-state index in [0.717, 1.165) is 35.5 Å². The lowest BCUT2D eigenvalue weighted by Gasteiger charge is -2.14. The molecule has 1 saturated carbocycles. The van der Waals surface area contributed by atoms with Gasteiger partial charge < -0.3 is 25.4 Å². The van der Waals surface area contributed by atoms with Gasteiger partial charge in [-0.25, -0.2) is 0 Å². The maximum atomic E-state index is 12.4. The number of ether oxygens (including phenoxy) is 2. The summed E-state index contributed by atoms with van der Waals surface area (Å²) in [6.45, 7) is 5.61. The van der Waals surface area contributed by atoms with Crippen LogP contribution in [-0.2, 0) is 14.3 Å². The molecule has 7 heteroatoms. The number of anilines is 3. The summed E-state index contributed by atoms with van der Waals surface area (Å²) in [6.07, 6.45) is 1.90. The number of hydrogen-bond acceptors (Lipinski definition) is 5. The fourth-order valence-electron chi connectivity index (χ4n) is 2.92. The van der Waals surface area contributed by atoms with Crippen molar-refractivity contribution in [3.63, 3.8) is 0 Å². The van der Waals surface area contributed by atoms with Crippen LogP contribution in [0.15, 0.2) is 42.5 Å². The molecule has 1 aliphatic rings. The first-order valence-corrected chi connectivity index (χ1v) is 10.3. The highest BCUT2D eigenvalue weighted by atomic mass is 16.5. The van der Waals surface area contributed by atoms with Crippen LogP contribution < -0.4 is 20.7 Å². The van der Waals surface area contributed by atoms with Gasteiger partial charge >= 0.3 is 0 Å². The summed E-state index contributed by atoms with van der Waals surface area (Å²) in [5.41, 5.74) is 3.05. The Bertz CT molecular complexity index is 881. The first-order chi connectivity index (χ1) is 14.6. The van der Waals surface area contributed by atoms with E-state index in [1.165, 1.54) is 0 Å². The molecule has 7 nitrogen and oxygen atoms in total. The molecule has 2 amide bonds. The Hall–Kier alpha value is -3.06. The lowest BCUT2D eigenvalue weighted by atomic mass is 10.1. The fraction of sp³-hybridized carbons (Fsp3) is 0.391. The number of hydrogen-bond donors (Lipinski definition) is 3. The van der Waals surface area contributed by atoms with Crippen molar-refractivity contribution in [2.75, 3.05) is 42.3 Å². The van der Waals surface area contributed by atoms with Crippen molar-refractivity contribution in [3.05, 3.63) is 48.0 Å². The Labute approximate surface area is 177 Å². The van der Waals surface area contributed by atoms with Crippen LogP contribution in [0, 0.1) is 12.8 Å². The van der Waals surface area contributed by atoms with Crippen molar-refractivity contribution in [3.8, 4) is 5.75 Å². The van der Waals surface area contributed by atoms with Crippen molar-refractivity contribution in [2.24, 2.45) is 5.92 Å². The third-order valence-corrected chi connectivity index (χ3v) is 4.80. The third kappa shape index (κ3) is 6.49. The molecule has 0 radical (unpaired) electrons. The molecule has 30 heavy (non-hydrogen) atoms. The van der Waals surface area contributed by atoms with E-state index in [1.54, 1.807) is 0 Å². The molecule has 0 aliphatic heterocycles. The van der Waals surface area contributed by atoms with Gasteiger partial charge in [-0.2, -0.15) is 0 Å². The topological polar surface area (TPSA) is 88.7 Å². The molecule has 0 bridgehead atoms. The van der Waals surface area contributed by atoms with Crippen LogP contribution in [0.4, 0.5) is 17.1 Å². The number of carbonyl (C=O) groups is 2. The van der Waals surface area contributed by atoms with Crippen LogP contribution >= 0.6 is 0 Å². The van der Waals surface area contributed by atoms with Gasteiger partial charge in [-0.3, -0.25) is 9.59 Å². The van der Waals surface area contributed by atoms with Gasteiger partial charge in [0.05, 0.1) is 13.2 Å². The summed E-state index contributed by atoms with van der Waals surface area (Å²) in [6, 6.07) is 12.9. The van der Waals surface area contributed by atoms with Gasteiger partial charge in [0.25, 0.3) is 0 Å². The summed E-state index contributed by atoms with van der Waals surface area (Å²) < 4.78 is 10.9. The summed E-state index contributed by atoms with van der Waals surface area (Å²) in [5.74, 6) is 0.721. The number of benzene rings is 2. The Kier molecular flexibility index (Phi) is 7.68. The fourth-order valence-corrected chi connectivity index (χ4v) is 2.92. The van der Waals surface area contributed by atoms with Crippen molar-refractivity contribution < 1.29 is 19.1 Å². The van der Waals surface area contributed by atoms with E-state index < -0.39 is 0 Å². The molecule has 0 unspecified atom stereocenters. The molecule has 0 atom stereocenters. The number of nitrogens with one attached hydrogen (secondary N) is 3. The minimum Gasteiger partial charge on any atom is -0.491 e. The minimum atomic E-state index is -0.175. The quantitative estimate of drug-likeness (QED) is 0.490. The van der Waals surface area contributed by atoms with Crippen LogP contribution in [0.2, 0.25) is 0 Å². The normalized spacial score (nSPS) is 12.9. The maximum Gasteiger partial charge on any atom is 0.243 e. The molecule has 0 spiro atoms. The van der Waals surface area contributed by atoms with Crippen molar-refractivity contribution in [2.45, 2.75) is 26.7 Å². The van der Waals surface area contributed by atoms with Crippen molar-refractivity contribution >= 4 is 28.9 Å². The largest absolute Gasteiger partial charge is 0.491 e. The molecule has 0 heterocycles. The van der Waals surface area contributed by atoms with E-state index >= 15 is 0 Å². The molecule has 0 aromatic heterocycles. The number of carbonyl (C=O) groups excluding carboxylic acids is 2. The van der Waals surface area contributed by atoms with Crippen molar-refractivity contribution in [1.29, 1.82) is 0 Å². The van der Waals surface area contributed by atoms with Gasteiger partial charge in [-0.1, -0.05) is 12.1 Å². The Balaban J connectivity index is 1.50. The van der Waals surface area contributed by atoms with E-state index in [9.17, 15) is 9.59 Å². The zero-order valence-corrected chi connectivity index (χ0v) is 17.5. The standard InChI is InChI=1S/C23H29N3O4/c1-3-29-12-13-30-19-7-4-6-18(14-19)24-15-22(27)25-20-8-5-9-21(16(20)2)26-23(28)17-10-11-17/h4-9,14,17,24H,3,10-13,15H2,1-2H3,(H,25,27)(H,26,28). The van der Waals surface area contributed by atoms with Crippen LogP contribution in [0.5, 0.6) is 5.75 Å². The molecular weight excluding hydrogens is 382 g/mol. The zero-order chi connectivity index (χ0) is 21.3. The van der Waals surface area contributed by atoms with Gasteiger partial charge in [0.15, 0.2) is 0 Å². The second kappa shape index (κ2) is 10.6. The highest BCUT2D eigenvalue weighted by molar-refractivity contribution is 5.98. The summed E-state index contributed by atoms with van der Waals surface area (Å²) >= 11 is 0. The van der Waals surface area contributed by atoms with E-state index in [4.69, 9.17) is 9.47 Å². The number of amides is 2. The highest BCUT2D eigenvalue weighted by Gasteiger charge is 2.29. The van der Waals surface area contributed by atoms with E-state index in [-0.39, 0.29) is 24.3 Å². The Morgan fingerprint density at radius 3 is 2.50 bits per heavy atom. The first kappa shape index (κ1) is 21.6. The third-order valence-electron chi connectivity index (χ3n) is 4.80. The SMILES string of the molecule is CCOCCOc1cccc(NCC(=O)Nc2cccc(NC(=O)C3CC3)c2C)c1.